The van der Waals surface area contributed by atoms with Crippen molar-refractivity contribution in [2.45, 2.75) is 22.9 Å². The molecule has 0 spiro atoms. The maximum Gasteiger partial charge on any atom is 0.259 e. The van der Waals surface area contributed by atoms with Crippen LogP contribution in [-0.2, 0) is 22.9 Å². The van der Waals surface area contributed by atoms with Crippen LogP contribution in [0.5, 0.6) is 0 Å². The first kappa shape index (κ1) is 23.4. The minimum absolute atomic E-state index is 0.0492. The van der Waals surface area contributed by atoms with Crippen LogP contribution in [0.4, 0.5) is 10.1 Å². The average molecular weight is 501 g/mol. The van der Waals surface area contributed by atoms with Crippen molar-refractivity contribution in [1.82, 2.24) is 5.32 Å². The summed E-state index contributed by atoms with van der Waals surface area (Å²) in [5.74, 6) is -1.30. The molecule has 8 heteroatoms. The molecular weight excluding hydrogens is 479 g/mol. The Hall–Kier alpha value is -4.30. The molecule has 2 amide bonds. The molecule has 0 bridgehead atoms. The van der Waals surface area contributed by atoms with Crippen molar-refractivity contribution in [3.8, 4) is 0 Å². The van der Waals surface area contributed by atoms with Crippen LogP contribution >= 0.6 is 0 Å². The summed E-state index contributed by atoms with van der Waals surface area (Å²) in [6.45, 7) is 0.282. The highest BCUT2D eigenvalue weighted by Crippen LogP contribution is 2.38. The summed E-state index contributed by atoms with van der Waals surface area (Å²) in [7, 11) is -4.03. The van der Waals surface area contributed by atoms with E-state index in [-0.39, 0.29) is 45.5 Å². The van der Waals surface area contributed by atoms with Gasteiger partial charge in [-0.25, -0.2) is 12.8 Å². The molecule has 5 rings (SSSR count). The van der Waals surface area contributed by atoms with Crippen molar-refractivity contribution < 1.29 is 22.4 Å². The van der Waals surface area contributed by atoms with Crippen molar-refractivity contribution in [2.75, 3.05) is 4.90 Å². The lowest BCUT2D eigenvalue weighted by atomic mass is 10.1. The van der Waals surface area contributed by atoms with Crippen LogP contribution in [0.2, 0.25) is 0 Å². The summed E-state index contributed by atoms with van der Waals surface area (Å²) in [5, 5.41) is 2.76. The lowest BCUT2D eigenvalue weighted by molar-refractivity contribution is 0.0947. The smallest absolute Gasteiger partial charge is 0.259 e. The first-order chi connectivity index (χ1) is 17.3. The number of nitrogens with one attached hydrogen (secondary N) is 1. The summed E-state index contributed by atoms with van der Waals surface area (Å²) in [4.78, 5) is 27.9. The number of hydrogen-bond acceptors (Lipinski definition) is 4. The molecule has 0 saturated heterocycles. The van der Waals surface area contributed by atoms with E-state index in [1.807, 2.05) is 30.3 Å². The van der Waals surface area contributed by atoms with E-state index in [4.69, 9.17) is 0 Å². The van der Waals surface area contributed by atoms with Gasteiger partial charge >= 0.3 is 0 Å². The second-order valence-electron chi connectivity index (χ2n) is 8.37. The highest BCUT2D eigenvalue weighted by atomic mass is 32.2. The zero-order valence-electron chi connectivity index (χ0n) is 19.0. The van der Waals surface area contributed by atoms with Gasteiger partial charge in [0.2, 0.25) is 9.84 Å². The number of hydrogen-bond donors (Lipinski definition) is 1. The highest BCUT2D eigenvalue weighted by Gasteiger charge is 2.36. The number of carbonyl (C=O) groups is 2. The molecule has 6 nitrogen and oxygen atoms in total. The zero-order valence-corrected chi connectivity index (χ0v) is 19.8. The molecule has 1 aliphatic heterocycles. The summed E-state index contributed by atoms with van der Waals surface area (Å²) in [5.41, 5.74) is 1.92. The van der Waals surface area contributed by atoms with Gasteiger partial charge in [0.25, 0.3) is 11.8 Å². The number of anilines is 1. The summed E-state index contributed by atoms with van der Waals surface area (Å²) in [6, 6.07) is 25.3. The summed E-state index contributed by atoms with van der Waals surface area (Å²) in [6.07, 6.45) is 0. The van der Waals surface area contributed by atoms with Gasteiger partial charge in [-0.1, -0.05) is 54.6 Å². The zero-order chi connectivity index (χ0) is 25.3. The van der Waals surface area contributed by atoms with Crippen LogP contribution in [-0.4, -0.2) is 20.2 Å². The minimum atomic E-state index is -4.03. The van der Waals surface area contributed by atoms with E-state index >= 15 is 0 Å². The quantitative estimate of drug-likeness (QED) is 0.429. The molecule has 4 aromatic carbocycles. The Morgan fingerprint density at radius 3 is 2.25 bits per heavy atom. The lowest BCUT2D eigenvalue weighted by Crippen LogP contribution is -2.31. The van der Waals surface area contributed by atoms with Crippen molar-refractivity contribution in [1.29, 1.82) is 0 Å². The molecule has 0 atom stereocenters. The van der Waals surface area contributed by atoms with Crippen LogP contribution in [0.3, 0.4) is 0 Å². The van der Waals surface area contributed by atoms with Crippen LogP contribution < -0.4 is 10.2 Å². The number of carbonyl (C=O) groups excluding carboxylic acids is 2. The van der Waals surface area contributed by atoms with Crippen LogP contribution in [0.15, 0.2) is 107 Å². The number of sulfone groups is 1. The van der Waals surface area contributed by atoms with Gasteiger partial charge in [-0.15, -0.1) is 0 Å². The molecule has 0 unspecified atom stereocenters. The third kappa shape index (κ3) is 4.38. The van der Waals surface area contributed by atoms with Crippen molar-refractivity contribution >= 4 is 27.3 Å². The summed E-state index contributed by atoms with van der Waals surface area (Å²) >= 11 is 0. The predicted octanol–water partition coefficient (Wildman–Crippen LogP) is 4.75. The Morgan fingerprint density at radius 1 is 0.806 bits per heavy atom. The second-order valence-corrected chi connectivity index (χ2v) is 10.3. The molecule has 0 aliphatic carbocycles. The Bertz CT molecular complexity index is 1570. The molecule has 1 N–H and O–H groups in total. The van der Waals surface area contributed by atoms with E-state index in [1.165, 1.54) is 47.4 Å². The van der Waals surface area contributed by atoms with Gasteiger partial charge in [0.05, 0.1) is 27.6 Å². The van der Waals surface area contributed by atoms with E-state index in [0.717, 1.165) is 5.56 Å². The van der Waals surface area contributed by atoms with Crippen molar-refractivity contribution in [3.63, 3.8) is 0 Å². The number of amides is 2. The van der Waals surface area contributed by atoms with E-state index in [9.17, 15) is 22.4 Å². The Labute approximate surface area is 207 Å². The number of benzene rings is 4. The predicted molar refractivity (Wildman–Crippen MR) is 133 cm³/mol. The number of halogens is 1. The van der Waals surface area contributed by atoms with Gasteiger partial charge in [-0.05, 0) is 53.6 Å². The SMILES string of the molecule is O=C(NCc1ccc(F)cc1)c1ccc2c(c1)N(Cc1ccccc1)C(=O)c1ccccc1S2(=O)=O. The van der Waals surface area contributed by atoms with Crippen molar-refractivity contribution in [3.05, 3.63) is 125 Å². The number of nitrogens with zero attached hydrogens (tertiary/aromatic N) is 1. The van der Waals surface area contributed by atoms with Gasteiger partial charge < -0.3 is 10.2 Å². The standard InChI is InChI=1S/C28H21FN2O4S/c29-22-13-10-19(11-14-22)17-30-27(32)21-12-15-26-24(16-21)31(18-20-6-2-1-3-7-20)28(33)23-8-4-5-9-25(23)36(26,34)35/h1-16H,17-18H2,(H,30,32). The summed E-state index contributed by atoms with van der Waals surface area (Å²) < 4.78 is 40.3. The first-order valence-corrected chi connectivity index (χ1v) is 12.7. The van der Waals surface area contributed by atoms with Gasteiger partial charge in [0.1, 0.15) is 5.82 Å². The Kier molecular flexibility index (Phi) is 6.12. The molecule has 1 aliphatic rings. The van der Waals surface area contributed by atoms with Crippen LogP contribution in [0.1, 0.15) is 31.8 Å². The maximum absolute atomic E-state index is 13.6. The largest absolute Gasteiger partial charge is 0.348 e. The number of rotatable bonds is 5. The molecular formula is C28H21FN2O4S. The third-order valence-corrected chi connectivity index (χ3v) is 7.86. The number of fused-ring (bicyclic) bond motifs is 2. The normalized spacial score (nSPS) is 13.9. The van der Waals surface area contributed by atoms with Gasteiger partial charge in [0, 0.05) is 12.1 Å². The minimum Gasteiger partial charge on any atom is -0.348 e. The highest BCUT2D eigenvalue weighted by molar-refractivity contribution is 7.91. The van der Waals surface area contributed by atoms with E-state index < -0.39 is 21.7 Å². The second kappa shape index (κ2) is 9.39. The molecule has 0 saturated carbocycles. The first-order valence-electron chi connectivity index (χ1n) is 11.2. The van der Waals surface area contributed by atoms with Gasteiger partial charge in [-0.3, -0.25) is 9.59 Å². The molecule has 36 heavy (non-hydrogen) atoms. The fraction of sp³-hybridized carbons (Fsp3) is 0.0714. The Balaban J connectivity index is 1.56. The third-order valence-electron chi connectivity index (χ3n) is 6.00. The molecule has 4 aromatic rings. The topological polar surface area (TPSA) is 83.6 Å². The van der Waals surface area contributed by atoms with Crippen LogP contribution in [0, 0.1) is 5.82 Å². The molecule has 180 valence electrons. The van der Waals surface area contributed by atoms with Gasteiger partial charge in [0.15, 0.2) is 0 Å². The van der Waals surface area contributed by atoms with Crippen LogP contribution in [0.25, 0.3) is 0 Å². The van der Waals surface area contributed by atoms with E-state index in [2.05, 4.69) is 5.32 Å². The van der Waals surface area contributed by atoms with E-state index in [0.29, 0.717) is 5.56 Å². The van der Waals surface area contributed by atoms with E-state index in [1.54, 1.807) is 24.3 Å². The molecule has 1 heterocycles. The lowest BCUT2D eigenvalue weighted by Gasteiger charge is -2.23. The monoisotopic (exact) mass is 500 g/mol. The molecule has 0 radical (unpaired) electrons. The average Bonchev–Trinajstić information content (AvgIpc) is 2.97. The molecule has 0 aromatic heterocycles. The van der Waals surface area contributed by atoms with Crippen molar-refractivity contribution in [2.24, 2.45) is 0 Å². The molecule has 0 fully saturated rings. The Morgan fingerprint density at radius 2 is 1.50 bits per heavy atom. The fourth-order valence-corrected chi connectivity index (χ4v) is 5.79. The maximum atomic E-state index is 13.6. The fourth-order valence-electron chi connectivity index (χ4n) is 4.16. The van der Waals surface area contributed by atoms with Gasteiger partial charge in [-0.2, -0.15) is 0 Å².